The quantitative estimate of drug-likeness (QED) is 0.730. The van der Waals surface area contributed by atoms with Gasteiger partial charge in [-0.3, -0.25) is 9.78 Å². The molecular weight excluding hydrogens is 192 g/mol. The van der Waals surface area contributed by atoms with E-state index in [-0.39, 0.29) is 5.97 Å². The summed E-state index contributed by atoms with van der Waals surface area (Å²) in [5, 5.41) is 0. The molecule has 1 aromatic rings. The molecule has 1 unspecified atom stereocenters. The maximum absolute atomic E-state index is 11.3. The first-order chi connectivity index (χ1) is 7.24. The molecule has 4 heteroatoms. The van der Waals surface area contributed by atoms with Crippen LogP contribution in [0.15, 0.2) is 24.4 Å². The zero-order chi connectivity index (χ0) is 11.1. The summed E-state index contributed by atoms with van der Waals surface area (Å²) >= 11 is 0. The lowest BCUT2D eigenvalue weighted by molar-refractivity contribution is -0.145. The first-order valence-corrected chi connectivity index (χ1v) is 5.06. The summed E-state index contributed by atoms with van der Waals surface area (Å²) in [5.74, 6) is -0.359. The van der Waals surface area contributed by atoms with Crippen molar-refractivity contribution >= 4 is 5.97 Å². The Bertz CT molecular complexity index is 301. The number of carbonyl (C=O) groups is 1. The summed E-state index contributed by atoms with van der Waals surface area (Å²) in [4.78, 5) is 15.4. The van der Waals surface area contributed by atoms with Crippen molar-refractivity contribution in [2.24, 2.45) is 5.73 Å². The van der Waals surface area contributed by atoms with Crippen molar-refractivity contribution in [1.29, 1.82) is 0 Å². The highest BCUT2D eigenvalue weighted by Crippen LogP contribution is 1.99. The van der Waals surface area contributed by atoms with E-state index in [1.165, 1.54) is 0 Å². The molecule has 0 amide bonds. The van der Waals surface area contributed by atoms with Gasteiger partial charge < -0.3 is 10.5 Å². The van der Waals surface area contributed by atoms with Crippen molar-refractivity contribution in [2.75, 3.05) is 6.61 Å². The lowest BCUT2D eigenvalue weighted by Gasteiger charge is -2.10. The highest BCUT2D eigenvalue weighted by molar-refractivity contribution is 5.75. The normalized spacial score (nSPS) is 12.1. The van der Waals surface area contributed by atoms with Crippen LogP contribution in [0.25, 0.3) is 0 Å². The third-order valence-corrected chi connectivity index (χ3v) is 1.91. The highest BCUT2D eigenvalue weighted by atomic mass is 16.5. The Kier molecular flexibility index (Phi) is 4.77. The molecule has 82 valence electrons. The highest BCUT2D eigenvalue weighted by Gasteiger charge is 2.15. The molecule has 1 atom stereocenters. The Morgan fingerprint density at radius 1 is 1.60 bits per heavy atom. The van der Waals surface area contributed by atoms with Gasteiger partial charge in [-0.15, -0.1) is 0 Å². The van der Waals surface area contributed by atoms with Gasteiger partial charge in [-0.2, -0.15) is 0 Å². The predicted molar refractivity (Wildman–Crippen MR) is 57.2 cm³/mol. The molecule has 0 spiro atoms. The second-order valence-corrected chi connectivity index (χ2v) is 3.30. The maximum Gasteiger partial charge on any atom is 0.323 e. The number of rotatable bonds is 5. The van der Waals surface area contributed by atoms with Gasteiger partial charge in [0, 0.05) is 18.3 Å². The minimum Gasteiger partial charge on any atom is -0.465 e. The molecule has 0 aliphatic carbocycles. The van der Waals surface area contributed by atoms with E-state index in [9.17, 15) is 4.79 Å². The van der Waals surface area contributed by atoms with Crippen molar-refractivity contribution in [1.82, 2.24) is 4.98 Å². The molecule has 15 heavy (non-hydrogen) atoms. The summed E-state index contributed by atoms with van der Waals surface area (Å²) in [6.07, 6.45) is 2.91. The second kappa shape index (κ2) is 6.14. The summed E-state index contributed by atoms with van der Waals surface area (Å²) in [6.45, 7) is 2.37. The van der Waals surface area contributed by atoms with Crippen molar-refractivity contribution < 1.29 is 9.53 Å². The zero-order valence-electron chi connectivity index (χ0n) is 8.85. The molecule has 0 saturated heterocycles. The fraction of sp³-hybridized carbons (Fsp3) is 0.455. The summed E-state index contributed by atoms with van der Waals surface area (Å²) in [5.41, 5.74) is 6.48. The molecule has 0 bridgehead atoms. The number of esters is 1. The number of aromatic nitrogens is 1. The first kappa shape index (κ1) is 11.7. The summed E-state index contributed by atoms with van der Waals surface area (Å²) < 4.78 is 4.93. The minimum atomic E-state index is -0.619. The largest absolute Gasteiger partial charge is 0.465 e. The predicted octanol–water partition coefficient (Wildman–Crippen LogP) is 0.905. The number of ether oxygens (including phenoxy) is 1. The maximum atomic E-state index is 11.3. The van der Waals surface area contributed by atoms with Crippen LogP contribution in [-0.4, -0.2) is 23.6 Å². The molecule has 4 nitrogen and oxygen atoms in total. The fourth-order valence-electron chi connectivity index (χ4n) is 1.14. The van der Waals surface area contributed by atoms with E-state index in [4.69, 9.17) is 10.5 Å². The molecule has 1 aromatic heterocycles. The Labute approximate surface area is 89.5 Å². The third kappa shape index (κ3) is 4.08. The fourth-order valence-corrected chi connectivity index (χ4v) is 1.14. The van der Waals surface area contributed by atoms with E-state index in [0.29, 0.717) is 13.0 Å². The second-order valence-electron chi connectivity index (χ2n) is 3.30. The van der Waals surface area contributed by atoms with Gasteiger partial charge in [0.15, 0.2) is 0 Å². The van der Waals surface area contributed by atoms with Crippen LogP contribution >= 0.6 is 0 Å². The number of hydrogen-bond donors (Lipinski definition) is 1. The van der Waals surface area contributed by atoms with Crippen LogP contribution in [0.4, 0.5) is 0 Å². The first-order valence-electron chi connectivity index (χ1n) is 5.06. The average Bonchev–Trinajstić information content (AvgIpc) is 2.27. The smallest absolute Gasteiger partial charge is 0.323 e. The molecule has 0 radical (unpaired) electrons. The van der Waals surface area contributed by atoms with Crippen LogP contribution in [-0.2, 0) is 16.0 Å². The molecule has 0 saturated carbocycles. The van der Waals surface area contributed by atoms with Crippen molar-refractivity contribution in [2.45, 2.75) is 25.8 Å². The third-order valence-electron chi connectivity index (χ3n) is 1.91. The van der Waals surface area contributed by atoms with Gasteiger partial charge in [0.1, 0.15) is 6.04 Å². The summed E-state index contributed by atoms with van der Waals surface area (Å²) in [7, 11) is 0. The standard InChI is InChI=1S/C11H16N2O2/c1-2-7-15-11(14)10(12)8-9-5-3-4-6-13-9/h3-6,10H,2,7-8,12H2,1H3. The lowest BCUT2D eigenvalue weighted by Crippen LogP contribution is -2.34. The van der Waals surface area contributed by atoms with E-state index >= 15 is 0 Å². The molecule has 0 fully saturated rings. The molecule has 1 rings (SSSR count). The van der Waals surface area contributed by atoms with Crippen LogP contribution < -0.4 is 5.73 Å². The topological polar surface area (TPSA) is 65.2 Å². The zero-order valence-corrected chi connectivity index (χ0v) is 8.85. The lowest BCUT2D eigenvalue weighted by atomic mass is 10.1. The molecule has 2 N–H and O–H groups in total. The van der Waals surface area contributed by atoms with Crippen LogP contribution in [0.2, 0.25) is 0 Å². The van der Waals surface area contributed by atoms with Crippen molar-refractivity contribution in [3.63, 3.8) is 0 Å². The number of carbonyl (C=O) groups excluding carboxylic acids is 1. The molecular formula is C11H16N2O2. The minimum absolute atomic E-state index is 0.359. The van der Waals surface area contributed by atoms with E-state index in [0.717, 1.165) is 12.1 Å². The number of hydrogen-bond acceptors (Lipinski definition) is 4. The molecule has 0 aromatic carbocycles. The molecule has 0 aliphatic heterocycles. The van der Waals surface area contributed by atoms with Crippen molar-refractivity contribution in [3.05, 3.63) is 30.1 Å². The van der Waals surface area contributed by atoms with Gasteiger partial charge in [0.2, 0.25) is 0 Å². The molecule has 1 heterocycles. The summed E-state index contributed by atoms with van der Waals surface area (Å²) in [6, 6.07) is 4.91. The van der Waals surface area contributed by atoms with E-state index < -0.39 is 6.04 Å². The van der Waals surface area contributed by atoms with Crippen LogP contribution in [0.5, 0.6) is 0 Å². The van der Waals surface area contributed by atoms with Crippen LogP contribution in [0.1, 0.15) is 19.0 Å². The van der Waals surface area contributed by atoms with Crippen LogP contribution in [0.3, 0.4) is 0 Å². The Morgan fingerprint density at radius 2 is 2.40 bits per heavy atom. The average molecular weight is 208 g/mol. The number of nitrogens with two attached hydrogens (primary N) is 1. The van der Waals surface area contributed by atoms with E-state index in [1.54, 1.807) is 6.20 Å². The van der Waals surface area contributed by atoms with Gasteiger partial charge in [-0.05, 0) is 18.6 Å². The number of nitrogens with zero attached hydrogens (tertiary/aromatic N) is 1. The van der Waals surface area contributed by atoms with Gasteiger partial charge in [-0.25, -0.2) is 0 Å². The van der Waals surface area contributed by atoms with Gasteiger partial charge in [0.05, 0.1) is 6.61 Å². The Hall–Kier alpha value is -1.42. The van der Waals surface area contributed by atoms with E-state index in [1.807, 2.05) is 25.1 Å². The monoisotopic (exact) mass is 208 g/mol. The van der Waals surface area contributed by atoms with Gasteiger partial charge >= 0.3 is 5.97 Å². The van der Waals surface area contributed by atoms with Gasteiger partial charge in [-0.1, -0.05) is 13.0 Å². The Morgan fingerprint density at radius 3 is 3.00 bits per heavy atom. The molecule has 0 aliphatic rings. The van der Waals surface area contributed by atoms with Crippen molar-refractivity contribution in [3.8, 4) is 0 Å². The van der Waals surface area contributed by atoms with Gasteiger partial charge in [0.25, 0.3) is 0 Å². The SMILES string of the molecule is CCCOC(=O)C(N)Cc1ccccn1. The van der Waals surface area contributed by atoms with E-state index in [2.05, 4.69) is 4.98 Å². The number of pyridine rings is 1. The Balaban J connectivity index is 2.41. The van der Waals surface area contributed by atoms with Crippen LogP contribution in [0, 0.1) is 0 Å².